The maximum atomic E-state index is 9.75. The molecule has 0 spiro atoms. The molecule has 0 bridgehead atoms. The fourth-order valence-corrected chi connectivity index (χ4v) is 3.41. The Labute approximate surface area is 153 Å². The molecule has 1 fully saturated rings. The number of aliphatic hydroxyl groups is 2. The molecular formula is C18H26N6O2. The summed E-state index contributed by atoms with van der Waals surface area (Å²) in [6.07, 6.45) is 1.99. The van der Waals surface area contributed by atoms with Crippen molar-refractivity contribution in [2.75, 3.05) is 22.9 Å². The smallest absolute Gasteiger partial charge is 0.158 e. The highest BCUT2D eigenvalue weighted by Crippen LogP contribution is 2.26. The van der Waals surface area contributed by atoms with Crippen LogP contribution >= 0.6 is 0 Å². The van der Waals surface area contributed by atoms with Crippen LogP contribution in [0.4, 0.5) is 11.6 Å². The Hall–Kier alpha value is -2.32. The van der Waals surface area contributed by atoms with E-state index in [1.165, 1.54) is 0 Å². The Morgan fingerprint density at radius 1 is 0.885 bits per heavy atom. The maximum absolute atomic E-state index is 9.75. The highest BCUT2D eigenvalue weighted by atomic mass is 16.3. The summed E-state index contributed by atoms with van der Waals surface area (Å²) in [6, 6.07) is 4.14. The summed E-state index contributed by atoms with van der Waals surface area (Å²) in [5.41, 5.74) is 0. The van der Waals surface area contributed by atoms with E-state index in [4.69, 9.17) is 0 Å². The van der Waals surface area contributed by atoms with Crippen LogP contribution < -0.4 is 9.80 Å². The molecule has 2 aromatic heterocycles. The van der Waals surface area contributed by atoms with Gasteiger partial charge in [-0.3, -0.25) is 0 Å². The number of anilines is 2. The van der Waals surface area contributed by atoms with E-state index in [1.54, 1.807) is 26.2 Å². The van der Waals surface area contributed by atoms with Crippen molar-refractivity contribution in [2.24, 2.45) is 0 Å². The molecule has 0 amide bonds. The molecule has 0 saturated carbocycles. The first-order valence-electron chi connectivity index (χ1n) is 8.92. The monoisotopic (exact) mass is 358 g/mol. The van der Waals surface area contributed by atoms with E-state index in [-0.39, 0.29) is 12.1 Å². The van der Waals surface area contributed by atoms with Gasteiger partial charge in [-0.2, -0.15) is 0 Å². The van der Waals surface area contributed by atoms with Gasteiger partial charge in [-0.15, -0.1) is 0 Å². The topological polar surface area (TPSA) is 98.5 Å². The zero-order chi connectivity index (χ0) is 18.8. The van der Waals surface area contributed by atoms with Crippen molar-refractivity contribution in [1.29, 1.82) is 0 Å². The van der Waals surface area contributed by atoms with Crippen LogP contribution in [-0.4, -0.2) is 55.3 Å². The van der Waals surface area contributed by atoms with Crippen LogP contribution in [0.15, 0.2) is 24.5 Å². The fraction of sp³-hybridized carbons (Fsp3) is 0.556. The number of aromatic nitrogens is 4. The molecule has 3 heterocycles. The van der Waals surface area contributed by atoms with Gasteiger partial charge in [0.25, 0.3) is 0 Å². The molecule has 1 aliphatic heterocycles. The third-order valence-electron chi connectivity index (χ3n) is 4.57. The summed E-state index contributed by atoms with van der Waals surface area (Å²) >= 11 is 0. The van der Waals surface area contributed by atoms with E-state index in [0.717, 1.165) is 24.7 Å². The first kappa shape index (κ1) is 18.5. The number of aliphatic hydroxyl groups excluding tert-OH is 2. The van der Waals surface area contributed by atoms with E-state index < -0.39 is 12.2 Å². The summed E-state index contributed by atoms with van der Waals surface area (Å²) in [7, 11) is 0. The predicted molar refractivity (Wildman–Crippen MR) is 98.9 cm³/mol. The van der Waals surface area contributed by atoms with Crippen molar-refractivity contribution in [3.05, 3.63) is 36.2 Å². The quantitative estimate of drug-likeness (QED) is 0.848. The SMILES string of the molecule is CC(O)c1nccc(N2CC(C)N(c3ccnc([C@@H](C)O)n3)C(C)C2)n1. The standard InChI is InChI=1S/C18H26N6O2/c1-11-9-23(15-5-7-19-17(21-15)13(3)25)10-12(2)24(11)16-6-8-20-18(22-16)14(4)26/h5-8,11-14,25-26H,9-10H2,1-4H3/t11?,12?,13?,14-/m1/s1. The van der Waals surface area contributed by atoms with Crippen molar-refractivity contribution >= 4 is 11.6 Å². The Kier molecular flexibility index (Phi) is 5.33. The molecule has 3 rings (SSSR count). The van der Waals surface area contributed by atoms with Gasteiger partial charge in [0.1, 0.15) is 23.8 Å². The highest BCUT2D eigenvalue weighted by molar-refractivity contribution is 5.47. The molecule has 2 aromatic rings. The van der Waals surface area contributed by atoms with E-state index >= 15 is 0 Å². The van der Waals surface area contributed by atoms with Crippen LogP contribution in [0.25, 0.3) is 0 Å². The molecule has 0 radical (unpaired) electrons. The molecule has 8 nitrogen and oxygen atoms in total. The van der Waals surface area contributed by atoms with Crippen molar-refractivity contribution in [3.8, 4) is 0 Å². The van der Waals surface area contributed by atoms with Gasteiger partial charge in [0.2, 0.25) is 0 Å². The molecule has 140 valence electrons. The van der Waals surface area contributed by atoms with Crippen LogP contribution in [0.1, 0.15) is 51.6 Å². The van der Waals surface area contributed by atoms with Gasteiger partial charge in [0.05, 0.1) is 0 Å². The molecule has 1 aliphatic rings. The van der Waals surface area contributed by atoms with Crippen molar-refractivity contribution in [3.63, 3.8) is 0 Å². The molecule has 0 aliphatic carbocycles. The second-order valence-electron chi connectivity index (χ2n) is 6.91. The summed E-state index contributed by atoms with van der Waals surface area (Å²) in [5.74, 6) is 2.51. The fourth-order valence-electron chi connectivity index (χ4n) is 3.41. The number of rotatable bonds is 4. The van der Waals surface area contributed by atoms with Gasteiger partial charge in [-0.25, -0.2) is 19.9 Å². The second kappa shape index (κ2) is 7.51. The van der Waals surface area contributed by atoms with E-state index in [2.05, 4.69) is 43.6 Å². The van der Waals surface area contributed by atoms with Crippen LogP contribution in [0.5, 0.6) is 0 Å². The minimum absolute atomic E-state index is 0.195. The van der Waals surface area contributed by atoms with Crippen LogP contribution in [0.3, 0.4) is 0 Å². The molecule has 1 saturated heterocycles. The summed E-state index contributed by atoms with van der Waals surface area (Å²) < 4.78 is 0. The predicted octanol–water partition coefficient (Wildman–Crippen LogP) is 1.48. The van der Waals surface area contributed by atoms with Gasteiger partial charge in [-0.1, -0.05) is 0 Å². The molecule has 8 heteroatoms. The summed E-state index contributed by atoms with van der Waals surface area (Å²) in [5, 5.41) is 19.5. The summed E-state index contributed by atoms with van der Waals surface area (Å²) in [4.78, 5) is 21.7. The second-order valence-corrected chi connectivity index (χ2v) is 6.91. The zero-order valence-corrected chi connectivity index (χ0v) is 15.6. The Morgan fingerprint density at radius 3 is 1.85 bits per heavy atom. The largest absolute Gasteiger partial charge is 0.385 e. The molecule has 3 unspecified atom stereocenters. The van der Waals surface area contributed by atoms with Gasteiger partial charge in [0, 0.05) is 37.6 Å². The Balaban J connectivity index is 1.81. The van der Waals surface area contributed by atoms with Gasteiger partial charge in [0.15, 0.2) is 11.6 Å². The number of nitrogens with zero attached hydrogens (tertiary/aromatic N) is 6. The Bertz CT molecular complexity index is 742. The van der Waals surface area contributed by atoms with Crippen LogP contribution in [0.2, 0.25) is 0 Å². The van der Waals surface area contributed by atoms with Gasteiger partial charge < -0.3 is 20.0 Å². The lowest BCUT2D eigenvalue weighted by Gasteiger charge is -2.45. The van der Waals surface area contributed by atoms with Crippen molar-refractivity contribution < 1.29 is 10.2 Å². The lowest BCUT2D eigenvalue weighted by atomic mass is 10.1. The minimum atomic E-state index is -0.693. The van der Waals surface area contributed by atoms with E-state index in [0.29, 0.717) is 11.6 Å². The molecule has 2 N–H and O–H groups in total. The van der Waals surface area contributed by atoms with Gasteiger partial charge in [-0.05, 0) is 39.8 Å². The zero-order valence-electron chi connectivity index (χ0n) is 15.6. The first-order valence-corrected chi connectivity index (χ1v) is 8.92. The number of piperazine rings is 1. The van der Waals surface area contributed by atoms with Crippen molar-refractivity contribution in [2.45, 2.75) is 52.0 Å². The number of hydrogen-bond donors (Lipinski definition) is 2. The van der Waals surface area contributed by atoms with Gasteiger partial charge >= 0.3 is 0 Å². The minimum Gasteiger partial charge on any atom is -0.385 e. The average Bonchev–Trinajstić information content (AvgIpc) is 2.61. The summed E-state index contributed by atoms with van der Waals surface area (Å²) in [6.45, 7) is 9.16. The van der Waals surface area contributed by atoms with Crippen LogP contribution in [0, 0.1) is 0 Å². The van der Waals surface area contributed by atoms with E-state index in [9.17, 15) is 10.2 Å². The third kappa shape index (κ3) is 3.76. The molecule has 26 heavy (non-hydrogen) atoms. The van der Waals surface area contributed by atoms with Crippen LogP contribution in [-0.2, 0) is 0 Å². The Morgan fingerprint density at radius 2 is 1.35 bits per heavy atom. The number of hydrogen-bond acceptors (Lipinski definition) is 8. The van der Waals surface area contributed by atoms with Crippen molar-refractivity contribution in [1.82, 2.24) is 19.9 Å². The maximum Gasteiger partial charge on any atom is 0.158 e. The molecule has 0 aromatic carbocycles. The molecule has 4 atom stereocenters. The third-order valence-corrected chi connectivity index (χ3v) is 4.57. The highest BCUT2D eigenvalue weighted by Gasteiger charge is 2.31. The van der Waals surface area contributed by atoms with E-state index in [1.807, 2.05) is 12.1 Å². The lowest BCUT2D eigenvalue weighted by Crippen LogP contribution is -2.57. The average molecular weight is 358 g/mol. The first-order chi connectivity index (χ1) is 12.4. The molecular weight excluding hydrogens is 332 g/mol. The lowest BCUT2D eigenvalue weighted by molar-refractivity contribution is 0.188. The normalized spacial score (nSPS) is 23.0.